The summed E-state index contributed by atoms with van der Waals surface area (Å²) in [7, 11) is 1.43. The lowest BCUT2D eigenvalue weighted by Crippen LogP contribution is -2.26. The number of nitriles is 1. The van der Waals surface area contributed by atoms with Gasteiger partial charge in [0, 0.05) is 12.6 Å². The van der Waals surface area contributed by atoms with Crippen molar-refractivity contribution in [1.82, 2.24) is 5.32 Å². The van der Waals surface area contributed by atoms with Crippen LogP contribution in [0.25, 0.3) is 0 Å². The third-order valence-corrected chi connectivity index (χ3v) is 3.74. The molecule has 0 atom stereocenters. The number of thiophene rings is 1. The second kappa shape index (κ2) is 7.96. The lowest BCUT2D eigenvalue weighted by molar-refractivity contribution is -0.134. The van der Waals surface area contributed by atoms with Gasteiger partial charge in [0.15, 0.2) is 11.5 Å². The molecule has 0 unspecified atom stereocenters. The van der Waals surface area contributed by atoms with E-state index in [0.29, 0.717) is 16.2 Å². The zero-order valence-electron chi connectivity index (χ0n) is 12.4. The number of amides is 1. The Bertz CT molecular complexity index is 735. The molecule has 0 saturated carbocycles. The zero-order valence-corrected chi connectivity index (χ0v) is 13.2. The van der Waals surface area contributed by atoms with Gasteiger partial charge in [-0.2, -0.15) is 5.26 Å². The molecule has 1 N–H and O–H groups in total. The number of rotatable bonds is 6. The Morgan fingerprint density at radius 2 is 2.13 bits per heavy atom. The Hall–Kier alpha value is -2.85. The highest BCUT2D eigenvalue weighted by Crippen LogP contribution is 2.28. The monoisotopic (exact) mass is 330 g/mol. The van der Waals surface area contributed by atoms with Gasteiger partial charge in [-0.05, 0) is 23.6 Å². The van der Waals surface area contributed by atoms with Crippen LogP contribution in [0.5, 0.6) is 11.5 Å². The molecule has 1 heterocycles. The van der Waals surface area contributed by atoms with E-state index in [4.69, 9.17) is 14.7 Å². The highest BCUT2D eigenvalue weighted by atomic mass is 32.1. The number of carbonyl (C=O) groups excluding carboxylic acids is 2. The summed E-state index contributed by atoms with van der Waals surface area (Å²) in [5.74, 6) is -0.177. The smallest absolute Gasteiger partial charge is 0.313 e. The third kappa shape index (κ3) is 4.56. The van der Waals surface area contributed by atoms with E-state index in [1.165, 1.54) is 36.6 Å². The molecule has 1 amide bonds. The molecule has 0 aliphatic heterocycles. The van der Waals surface area contributed by atoms with Crippen LogP contribution in [0.15, 0.2) is 35.7 Å². The second-order valence-electron chi connectivity index (χ2n) is 4.43. The number of nitrogens with one attached hydrogen (secondary N) is 1. The van der Waals surface area contributed by atoms with Gasteiger partial charge in [0.2, 0.25) is 0 Å². The van der Waals surface area contributed by atoms with Gasteiger partial charge in [-0.15, -0.1) is 11.3 Å². The predicted octanol–water partition coefficient (Wildman–Crippen LogP) is 2.35. The summed E-state index contributed by atoms with van der Waals surface area (Å²) < 4.78 is 10.3. The molecule has 23 heavy (non-hydrogen) atoms. The maximum atomic E-state index is 11.8. The van der Waals surface area contributed by atoms with Crippen LogP contribution in [-0.2, 0) is 4.79 Å². The van der Waals surface area contributed by atoms with Crippen molar-refractivity contribution in [2.45, 2.75) is 6.42 Å². The van der Waals surface area contributed by atoms with E-state index in [0.717, 1.165) is 0 Å². The third-order valence-electron chi connectivity index (χ3n) is 2.88. The maximum absolute atomic E-state index is 11.8. The number of hydrogen-bond acceptors (Lipinski definition) is 6. The summed E-state index contributed by atoms with van der Waals surface area (Å²) in [4.78, 5) is 24.1. The minimum Gasteiger partial charge on any atom is -0.493 e. The van der Waals surface area contributed by atoms with Gasteiger partial charge in [-0.3, -0.25) is 9.59 Å². The van der Waals surface area contributed by atoms with Crippen LogP contribution in [0, 0.1) is 11.3 Å². The van der Waals surface area contributed by atoms with Crippen LogP contribution in [0.1, 0.15) is 21.7 Å². The first-order valence-corrected chi connectivity index (χ1v) is 7.62. The molecule has 2 aromatic rings. The second-order valence-corrected chi connectivity index (χ2v) is 5.38. The Morgan fingerprint density at radius 3 is 2.78 bits per heavy atom. The number of hydrogen-bond donors (Lipinski definition) is 1. The van der Waals surface area contributed by atoms with Crippen LogP contribution < -0.4 is 14.8 Å². The van der Waals surface area contributed by atoms with Gasteiger partial charge in [0.25, 0.3) is 5.91 Å². The molecule has 6 nitrogen and oxygen atoms in total. The Labute approximate surface area is 137 Å². The molecule has 0 aliphatic carbocycles. The van der Waals surface area contributed by atoms with E-state index in [-0.39, 0.29) is 24.6 Å². The summed E-state index contributed by atoms with van der Waals surface area (Å²) in [6.45, 7) is 0.175. The number of ether oxygens (including phenoxy) is 2. The summed E-state index contributed by atoms with van der Waals surface area (Å²) >= 11 is 1.33. The molecule has 2 rings (SSSR count). The molecule has 1 aromatic carbocycles. The van der Waals surface area contributed by atoms with Gasteiger partial charge in [-0.25, -0.2) is 0 Å². The van der Waals surface area contributed by atoms with Crippen molar-refractivity contribution in [3.8, 4) is 17.6 Å². The van der Waals surface area contributed by atoms with Gasteiger partial charge in [0.05, 0.1) is 30.0 Å². The topological polar surface area (TPSA) is 88.4 Å². The molecule has 0 radical (unpaired) electrons. The van der Waals surface area contributed by atoms with Crippen LogP contribution in [0.2, 0.25) is 0 Å². The van der Waals surface area contributed by atoms with Gasteiger partial charge in [-0.1, -0.05) is 6.07 Å². The molecule has 0 spiro atoms. The highest BCUT2D eigenvalue weighted by Gasteiger charge is 2.12. The van der Waals surface area contributed by atoms with Gasteiger partial charge in [0.1, 0.15) is 0 Å². The van der Waals surface area contributed by atoms with Crippen molar-refractivity contribution in [1.29, 1.82) is 5.26 Å². The minimum absolute atomic E-state index is 0.0280. The summed E-state index contributed by atoms with van der Waals surface area (Å²) in [6.07, 6.45) is 0.0280. The molecular weight excluding hydrogens is 316 g/mol. The molecule has 0 bridgehead atoms. The molecule has 7 heteroatoms. The lowest BCUT2D eigenvalue weighted by Gasteiger charge is -2.09. The molecule has 0 saturated heterocycles. The van der Waals surface area contributed by atoms with E-state index in [2.05, 4.69) is 5.32 Å². The van der Waals surface area contributed by atoms with Crippen molar-refractivity contribution >= 4 is 23.2 Å². The number of carbonyl (C=O) groups is 2. The fourth-order valence-electron chi connectivity index (χ4n) is 1.77. The molecule has 1 aromatic heterocycles. The highest BCUT2D eigenvalue weighted by molar-refractivity contribution is 7.12. The average Bonchev–Trinajstić information content (AvgIpc) is 3.09. The standard InChI is InChI=1S/C16H14N2O4S/c1-21-13-9-11(10-17)4-5-12(13)22-15(19)6-7-18-16(20)14-3-2-8-23-14/h2-5,8-9H,6-7H2,1H3,(H,18,20). The van der Waals surface area contributed by atoms with Crippen molar-refractivity contribution in [2.75, 3.05) is 13.7 Å². The lowest BCUT2D eigenvalue weighted by atomic mass is 10.2. The van der Waals surface area contributed by atoms with Gasteiger partial charge >= 0.3 is 5.97 Å². The Morgan fingerprint density at radius 1 is 1.30 bits per heavy atom. The average molecular weight is 330 g/mol. The summed E-state index contributed by atoms with van der Waals surface area (Å²) in [6, 6.07) is 9.98. The molecular formula is C16H14N2O4S. The van der Waals surface area contributed by atoms with Crippen LogP contribution >= 0.6 is 11.3 Å². The van der Waals surface area contributed by atoms with E-state index in [1.54, 1.807) is 17.5 Å². The first kappa shape index (κ1) is 16.5. The van der Waals surface area contributed by atoms with Crippen LogP contribution in [-0.4, -0.2) is 25.5 Å². The molecule has 118 valence electrons. The summed E-state index contributed by atoms with van der Waals surface area (Å²) in [5.41, 5.74) is 0.407. The van der Waals surface area contributed by atoms with Crippen LogP contribution in [0.3, 0.4) is 0 Å². The normalized spacial score (nSPS) is 9.74. The van der Waals surface area contributed by atoms with Crippen LogP contribution in [0.4, 0.5) is 0 Å². The van der Waals surface area contributed by atoms with Crippen molar-refractivity contribution in [2.24, 2.45) is 0 Å². The fraction of sp³-hybridized carbons (Fsp3) is 0.188. The van der Waals surface area contributed by atoms with E-state index < -0.39 is 5.97 Å². The molecule has 0 aliphatic rings. The van der Waals surface area contributed by atoms with E-state index in [9.17, 15) is 9.59 Å². The van der Waals surface area contributed by atoms with E-state index >= 15 is 0 Å². The largest absolute Gasteiger partial charge is 0.493 e. The number of nitrogens with zero attached hydrogens (tertiary/aromatic N) is 1. The number of methoxy groups -OCH3 is 1. The van der Waals surface area contributed by atoms with Crippen molar-refractivity contribution in [3.63, 3.8) is 0 Å². The Balaban J connectivity index is 1.85. The SMILES string of the molecule is COc1cc(C#N)ccc1OC(=O)CCNC(=O)c1cccs1. The van der Waals surface area contributed by atoms with Crippen molar-refractivity contribution < 1.29 is 19.1 Å². The van der Waals surface area contributed by atoms with Crippen molar-refractivity contribution in [3.05, 3.63) is 46.2 Å². The number of benzene rings is 1. The summed E-state index contributed by atoms with van der Waals surface area (Å²) in [5, 5.41) is 13.3. The predicted molar refractivity (Wildman–Crippen MR) is 84.6 cm³/mol. The quantitative estimate of drug-likeness (QED) is 0.649. The maximum Gasteiger partial charge on any atom is 0.313 e. The van der Waals surface area contributed by atoms with E-state index in [1.807, 2.05) is 6.07 Å². The first-order chi connectivity index (χ1) is 11.1. The zero-order chi connectivity index (χ0) is 16.7. The number of esters is 1. The van der Waals surface area contributed by atoms with Gasteiger partial charge < -0.3 is 14.8 Å². The minimum atomic E-state index is -0.500. The Kier molecular flexibility index (Phi) is 5.72. The fourth-order valence-corrected chi connectivity index (χ4v) is 2.41. The first-order valence-electron chi connectivity index (χ1n) is 6.74. The molecule has 0 fully saturated rings.